The van der Waals surface area contributed by atoms with Crippen LogP contribution in [-0.2, 0) is 6.54 Å². The van der Waals surface area contributed by atoms with Gasteiger partial charge in [-0.05, 0) is 40.5 Å². The molecule has 0 aliphatic heterocycles. The molecular formula is C11H13BrFN. The maximum atomic E-state index is 13.1. The highest BCUT2D eigenvalue weighted by atomic mass is 79.9. The van der Waals surface area contributed by atoms with Crippen LogP contribution in [0.5, 0.6) is 0 Å². The van der Waals surface area contributed by atoms with E-state index in [2.05, 4.69) is 27.8 Å². The maximum absolute atomic E-state index is 13.1. The van der Waals surface area contributed by atoms with Crippen molar-refractivity contribution < 1.29 is 4.39 Å². The van der Waals surface area contributed by atoms with Crippen LogP contribution in [0.15, 0.2) is 34.8 Å². The van der Waals surface area contributed by atoms with Gasteiger partial charge in [0, 0.05) is 13.1 Å². The third kappa shape index (κ3) is 3.60. The fourth-order valence-electron chi connectivity index (χ4n) is 1.07. The smallest absolute Gasteiger partial charge is 0.137 e. The van der Waals surface area contributed by atoms with E-state index < -0.39 is 0 Å². The molecule has 0 unspecified atom stereocenters. The molecule has 0 saturated heterocycles. The van der Waals surface area contributed by atoms with Crippen LogP contribution in [0.2, 0.25) is 0 Å². The monoisotopic (exact) mass is 257 g/mol. The molecule has 14 heavy (non-hydrogen) atoms. The molecule has 0 atom stereocenters. The van der Waals surface area contributed by atoms with Crippen LogP contribution in [0.25, 0.3) is 0 Å². The molecule has 0 bridgehead atoms. The van der Waals surface area contributed by atoms with Gasteiger partial charge in [0.25, 0.3) is 0 Å². The first kappa shape index (κ1) is 11.4. The van der Waals surface area contributed by atoms with Crippen molar-refractivity contribution in [3.63, 3.8) is 0 Å². The number of benzene rings is 1. The number of rotatable bonds is 4. The van der Waals surface area contributed by atoms with E-state index in [0.717, 1.165) is 17.7 Å². The first-order valence-corrected chi connectivity index (χ1v) is 5.18. The molecular weight excluding hydrogens is 245 g/mol. The summed E-state index contributed by atoms with van der Waals surface area (Å²) >= 11 is 3.11. The molecule has 0 aliphatic rings. The van der Waals surface area contributed by atoms with Gasteiger partial charge in [-0.2, -0.15) is 0 Å². The fraction of sp³-hybridized carbons (Fsp3) is 0.273. The van der Waals surface area contributed by atoms with Crippen LogP contribution in [-0.4, -0.2) is 6.54 Å². The van der Waals surface area contributed by atoms with Gasteiger partial charge in [0.1, 0.15) is 5.82 Å². The zero-order valence-electron chi connectivity index (χ0n) is 8.11. The van der Waals surface area contributed by atoms with E-state index >= 15 is 0 Å². The van der Waals surface area contributed by atoms with E-state index in [1.807, 2.05) is 13.0 Å². The van der Waals surface area contributed by atoms with Crippen molar-refractivity contribution in [2.24, 2.45) is 0 Å². The summed E-state index contributed by atoms with van der Waals surface area (Å²) in [5.41, 5.74) is 2.01. The van der Waals surface area contributed by atoms with Gasteiger partial charge in [-0.25, -0.2) is 4.39 Å². The molecule has 0 aromatic heterocycles. The highest BCUT2D eigenvalue weighted by Crippen LogP contribution is 2.16. The largest absolute Gasteiger partial charge is 0.309 e. The molecule has 1 N–H and O–H groups in total. The van der Waals surface area contributed by atoms with Gasteiger partial charge in [-0.1, -0.05) is 18.2 Å². The molecule has 0 saturated carbocycles. The van der Waals surface area contributed by atoms with Gasteiger partial charge in [0.15, 0.2) is 0 Å². The Balaban J connectivity index is 2.51. The molecule has 3 heteroatoms. The van der Waals surface area contributed by atoms with Crippen molar-refractivity contribution in [3.8, 4) is 0 Å². The minimum Gasteiger partial charge on any atom is -0.309 e. The molecule has 0 spiro atoms. The maximum Gasteiger partial charge on any atom is 0.137 e. The molecule has 0 radical (unpaired) electrons. The first-order chi connectivity index (χ1) is 6.59. The molecule has 0 amide bonds. The average Bonchev–Trinajstić information content (AvgIpc) is 2.10. The van der Waals surface area contributed by atoms with Gasteiger partial charge in [-0.15, -0.1) is 0 Å². The van der Waals surface area contributed by atoms with Crippen LogP contribution in [0.3, 0.4) is 0 Å². The lowest BCUT2D eigenvalue weighted by molar-refractivity contribution is 0.616. The summed E-state index contributed by atoms with van der Waals surface area (Å²) in [4.78, 5) is 0. The van der Waals surface area contributed by atoms with Crippen molar-refractivity contribution in [1.29, 1.82) is 0 Å². The molecule has 0 heterocycles. The van der Waals surface area contributed by atoms with Crippen molar-refractivity contribution in [3.05, 3.63) is 46.2 Å². The second-order valence-electron chi connectivity index (χ2n) is 3.31. The lowest BCUT2D eigenvalue weighted by atomic mass is 10.2. The lowest BCUT2D eigenvalue weighted by Gasteiger charge is -2.05. The number of hydrogen-bond donors (Lipinski definition) is 1. The second-order valence-corrected chi connectivity index (χ2v) is 4.16. The minimum absolute atomic E-state index is 0.223. The summed E-state index contributed by atoms with van der Waals surface area (Å²) in [6.07, 6.45) is 0. The van der Waals surface area contributed by atoms with Crippen molar-refractivity contribution in [1.82, 2.24) is 5.32 Å². The quantitative estimate of drug-likeness (QED) is 0.817. The summed E-state index contributed by atoms with van der Waals surface area (Å²) in [6.45, 7) is 7.15. The molecule has 0 fully saturated rings. The number of hydrogen-bond acceptors (Lipinski definition) is 1. The van der Waals surface area contributed by atoms with Crippen LogP contribution < -0.4 is 5.32 Å². The van der Waals surface area contributed by atoms with Crippen LogP contribution >= 0.6 is 15.9 Å². The Labute approximate surface area is 92.1 Å². The van der Waals surface area contributed by atoms with E-state index in [4.69, 9.17) is 0 Å². The topological polar surface area (TPSA) is 12.0 Å². The highest BCUT2D eigenvalue weighted by molar-refractivity contribution is 9.10. The van der Waals surface area contributed by atoms with Gasteiger partial charge in [-0.3, -0.25) is 0 Å². The van der Waals surface area contributed by atoms with Gasteiger partial charge in [0.05, 0.1) is 4.47 Å². The Bertz CT molecular complexity index is 336. The Morgan fingerprint density at radius 1 is 1.57 bits per heavy atom. The molecule has 1 aromatic carbocycles. The Kier molecular flexibility index (Phi) is 4.29. The second kappa shape index (κ2) is 5.27. The molecule has 0 aliphatic carbocycles. The van der Waals surface area contributed by atoms with E-state index in [9.17, 15) is 4.39 Å². The SMILES string of the molecule is C=C(C)CNCc1ccc(Br)c(F)c1. The summed E-state index contributed by atoms with van der Waals surface area (Å²) in [5.74, 6) is -0.223. The molecule has 1 aromatic rings. The number of nitrogens with one attached hydrogen (secondary N) is 1. The normalized spacial score (nSPS) is 10.2. The van der Waals surface area contributed by atoms with Gasteiger partial charge >= 0.3 is 0 Å². The molecule has 76 valence electrons. The van der Waals surface area contributed by atoms with E-state index in [1.165, 1.54) is 6.07 Å². The summed E-state index contributed by atoms with van der Waals surface area (Å²) in [6, 6.07) is 5.13. The Morgan fingerprint density at radius 2 is 2.29 bits per heavy atom. The first-order valence-electron chi connectivity index (χ1n) is 4.38. The summed E-state index contributed by atoms with van der Waals surface area (Å²) in [7, 11) is 0. The van der Waals surface area contributed by atoms with Crippen LogP contribution in [0.4, 0.5) is 4.39 Å². The molecule has 1 rings (SSSR count). The van der Waals surface area contributed by atoms with Crippen molar-refractivity contribution in [2.45, 2.75) is 13.5 Å². The van der Waals surface area contributed by atoms with E-state index in [0.29, 0.717) is 11.0 Å². The van der Waals surface area contributed by atoms with Crippen LogP contribution in [0.1, 0.15) is 12.5 Å². The third-order valence-corrected chi connectivity index (χ3v) is 2.38. The van der Waals surface area contributed by atoms with E-state index in [-0.39, 0.29) is 5.82 Å². The fourth-order valence-corrected chi connectivity index (χ4v) is 1.32. The lowest BCUT2D eigenvalue weighted by Crippen LogP contribution is -2.15. The zero-order chi connectivity index (χ0) is 10.6. The molecule has 1 nitrogen and oxygen atoms in total. The third-order valence-electron chi connectivity index (χ3n) is 1.74. The standard InChI is InChI=1S/C11H13BrFN/c1-8(2)6-14-7-9-3-4-10(12)11(13)5-9/h3-5,14H,1,6-7H2,2H3. The van der Waals surface area contributed by atoms with Crippen molar-refractivity contribution in [2.75, 3.05) is 6.54 Å². The van der Waals surface area contributed by atoms with Gasteiger partial charge in [0.2, 0.25) is 0 Å². The summed E-state index contributed by atoms with van der Waals surface area (Å²) < 4.78 is 13.6. The van der Waals surface area contributed by atoms with E-state index in [1.54, 1.807) is 6.07 Å². The van der Waals surface area contributed by atoms with Crippen molar-refractivity contribution >= 4 is 15.9 Å². The van der Waals surface area contributed by atoms with Gasteiger partial charge < -0.3 is 5.32 Å². The number of halogens is 2. The minimum atomic E-state index is -0.223. The highest BCUT2D eigenvalue weighted by Gasteiger charge is 1.99. The Morgan fingerprint density at radius 3 is 2.86 bits per heavy atom. The zero-order valence-corrected chi connectivity index (χ0v) is 9.70. The predicted octanol–water partition coefficient (Wildman–Crippen LogP) is 3.25. The predicted molar refractivity (Wildman–Crippen MR) is 60.6 cm³/mol. The average molecular weight is 258 g/mol. The summed E-state index contributed by atoms with van der Waals surface area (Å²) in [5, 5.41) is 3.17. The Hall–Kier alpha value is -0.670. The van der Waals surface area contributed by atoms with Crippen LogP contribution in [0, 0.1) is 5.82 Å².